The molecule has 1 aromatic carbocycles. The fourth-order valence-corrected chi connectivity index (χ4v) is 2.06. The minimum absolute atomic E-state index is 0.0151. The van der Waals surface area contributed by atoms with Crippen LogP contribution < -0.4 is 0 Å². The number of rotatable bonds is 2. The number of hydrogen-bond donors (Lipinski definition) is 0. The average molecular weight is 320 g/mol. The summed E-state index contributed by atoms with van der Waals surface area (Å²) >= 11 is 2.90. The molecule has 0 aliphatic rings. The van der Waals surface area contributed by atoms with Gasteiger partial charge in [0.1, 0.15) is 6.33 Å². The van der Waals surface area contributed by atoms with Gasteiger partial charge in [-0.25, -0.2) is 0 Å². The van der Waals surface area contributed by atoms with Crippen LogP contribution in [0.5, 0.6) is 0 Å². The van der Waals surface area contributed by atoms with E-state index in [9.17, 15) is 13.2 Å². The maximum Gasteiger partial charge on any atom is 0.417 e. The number of benzene rings is 1. The van der Waals surface area contributed by atoms with Crippen molar-refractivity contribution in [1.29, 1.82) is 0 Å². The van der Waals surface area contributed by atoms with E-state index in [4.69, 9.17) is 0 Å². The third-order valence-corrected chi connectivity index (χ3v) is 3.18. The van der Waals surface area contributed by atoms with Gasteiger partial charge >= 0.3 is 6.18 Å². The molecule has 0 N–H and O–H groups in total. The first-order chi connectivity index (χ1) is 8.43. The Balaban J connectivity index is 2.54. The lowest BCUT2D eigenvalue weighted by Crippen LogP contribution is -2.07. The van der Waals surface area contributed by atoms with E-state index in [-0.39, 0.29) is 4.47 Å². The second kappa shape index (κ2) is 4.72. The maximum absolute atomic E-state index is 12.8. The van der Waals surface area contributed by atoms with Crippen molar-refractivity contribution in [3.63, 3.8) is 0 Å². The first-order valence-corrected chi connectivity index (χ1v) is 5.97. The summed E-state index contributed by atoms with van der Waals surface area (Å²) in [6, 6.07) is 4.02. The molecule has 96 valence electrons. The molecular weight excluding hydrogens is 311 g/mol. The first kappa shape index (κ1) is 13.1. The van der Waals surface area contributed by atoms with E-state index in [1.165, 1.54) is 12.4 Å². The summed E-state index contributed by atoms with van der Waals surface area (Å²) in [4.78, 5) is 0. The molecule has 1 aromatic heterocycles. The summed E-state index contributed by atoms with van der Waals surface area (Å²) in [5.74, 6) is 0.426. The van der Waals surface area contributed by atoms with E-state index >= 15 is 0 Å². The van der Waals surface area contributed by atoms with Gasteiger partial charge in [0.15, 0.2) is 5.82 Å². The smallest absolute Gasteiger partial charge is 0.314 e. The van der Waals surface area contributed by atoms with Crippen molar-refractivity contribution in [3.8, 4) is 11.4 Å². The number of halogens is 4. The molecule has 0 amide bonds. The fraction of sp³-hybridized carbons (Fsp3) is 0.273. The zero-order chi connectivity index (χ0) is 13.3. The third-order valence-electron chi connectivity index (χ3n) is 2.49. The molecule has 2 aromatic rings. The summed E-state index contributed by atoms with van der Waals surface area (Å²) in [7, 11) is 0. The molecule has 0 spiro atoms. The van der Waals surface area contributed by atoms with Crippen molar-refractivity contribution in [2.75, 3.05) is 0 Å². The Morgan fingerprint density at radius 2 is 2.06 bits per heavy atom. The van der Waals surface area contributed by atoms with Gasteiger partial charge in [0.2, 0.25) is 0 Å². The zero-order valence-corrected chi connectivity index (χ0v) is 11.0. The molecule has 0 atom stereocenters. The van der Waals surface area contributed by atoms with E-state index < -0.39 is 11.7 Å². The Morgan fingerprint density at radius 3 is 2.67 bits per heavy atom. The molecule has 7 heteroatoms. The predicted molar refractivity (Wildman–Crippen MR) is 63.8 cm³/mol. The number of aromatic nitrogens is 3. The molecule has 18 heavy (non-hydrogen) atoms. The molecule has 3 nitrogen and oxygen atoms in total. The molecule has 0 fully saturated rings. The second-order valence-electron chi connectivity index (χ2n) is 3.63. The lowest BCUT2D eigenvalue weighted by Gasteiger charge is -2.11. The molecule has 0 radical (unpaired) electrons. The average Bonchev–Trinajstić information content (AvgIpc) is 2.76. The number of aryl methyl sites for hydroxylation is 1. The first-order valence-electron chi connectivity index (χ1n) is 5.18. The second-order valence-corrected chi connectivity index (χ2v) is 4.49. The zero-order valence-electron chi connectivity index (χ0n) is 9.37. The molecule has 2 rings (SSSR count). The fourth-order valence-electron chi connectivity index (χ4n) is 1.59. The van der Waals surface area contributed by atoms with Crippen molar-refractivity contribution in [2.24, 2.45) is 0 Å². The Bertz CT molecular complexity index is 563. The van der Waals surface area contributed by atoms with Crippen molar-refractivity contribution < 1.29 is 13.2 Å². The molecule has 0 bridgehead atoms. The summed E-state index contributed by atoms with van der Waals surface area (Å²) < 4.78 is 40.0. The van der Waals surface area contributed by atoms with E-state index in [2.05, 4.69) is 26.1 Å². The summed E-state index contributed by atoms with van der Waals surface area (Å²) in [5.41, 5.74) is -0.324. The van der Waals surface area contributed by atoms with Crippen LogP contribution in [0.4, 0.5) is 13.2 Å². The molecule has 1 heterocycles. The molecule has 0 saturated heterocycles. The van der Waals surface area contributed by atoms with Crippen LogP contribution in [0.25, 0.3) is 11.4 Å². The Kier molecular flexibility index (Phi) is 3.43. The number of nitrogens with zero attached hydrogens (tertiary/aromatic N) is 3. The van der Waals surface area contributed by atoms with E-state index in [0.717, 1.165) is 6.07 Å². The van der Waals surface area contributed by atoms with Crippen LogP contribution in [-0.4, -0.2) is 14.8 Å². The molecule has 0 aliphatic heterocycles. The Morgan fingerprint density at radius 1 is 1.33 bits per heavy atom. The van der Waals surface area contributed by atoms with Crippen LogP contribution >= 0.6 is 15.9 Å². The van der Waals surface area contributed by atoms with Crippen LogP contribution in [0.1, 0.15) is 12.5 Å². The topological polar surface area (TPSA) is 30.7 Å². The lowest BCUT2D eigenvalue weighted by atomic mass is 10.1. The maximum atomic E-state index is 12.8. The van der Waals surface area contributed by atoms with Gasteiger partial charge < -0.3 is 4.57 Å². The molecule has 0 saturated carbocycles. The van der Waals surface area contributed by atoms with Crippen molar-refractivity contribution in [1.82, 2.24) is 14.8 Å². The predicted octanol–water partition coefficient (Wildman–Crippen LogP) is 3.75. The lowest BCUT2D eigenvalue weighted by molar-refractivity contribution is -0.138. The van der Waals surface area contributed by atoms with Crippen molar-refractivity contribution in [3.05, 3.63) is 34.6 Å². The molecular formula is C11H9BrF3N3. The highest BCUT2D eigenvalue weighted by Gasteiger charge is 2.33. The third kappa shape index (κ3) is 2.40. The van der Waals surface area contributed by atoms with Crippen LogP contribution in [0, 0.1) is 0 Å². The Hall–Kier alpha value is -1.37. The van der Waals surface area contributed by atoms with E-state index in [1.807, 2.05) is 6.92 Å². The van der Waals surface area contributed by atoms with Crippen LogP contribution in [0.15, 0.2) is 29.0 Å². The van der Waals surface area contributed by atoms with E-state index in [1.54, 1.807) is 10.6 Å². The number of hydrogen-bond acceptors (Lipinski definition) is 2. The van der Waals surface area contributed by atoms with Gasteiger partial charge in [-0.05, 0) is 19.1 Å². The Labute approximate surface area is 110 Å². The van der Waals surface area contributed by atoms with E-state index in [0.29, 0.717) is 17.9 Å². The van der Waals surface area contributed by atoms with Crippen molar-refractivity contribution >= 4 is 15.9 Å². The highest BCUT2D eigenvalue weighted by Crippen LogP contribution is 2.36. The van der Waals surface area contributed by atoms with Gasteiger partial charge in [0, 0.05) is 16.6 Å². The van der Waals surface area contributed by atoms with Crippen LogP contribution in [0.3, 0.4) is 0 Å². The highest BCUT2D eigenvalue weighted by molar-refractivity contribution is 9.10. The van der Waals surface area contributed by atoms with Gasteiger partial charge in [-0.1, -0.05) is 22.0 Å². The normalized spacial score (nSPS) is 11.8. The quantitative estimate of drug-likeness (QED) is 0.844. The molecule has 0 unspecified atom stereocenters. The highest BCUT2D eigenvalue weighted by atomic mass is 79.9. The monoisotopic (exact) mass is 319 g/mol. The molecule has 0 aliphatic carbocycles. The summed E-state index contributed by atoms with van der Waals surface area (Å²) in [6.45, 7) is 2.47. The van der Waals surface area contributed by atoms with Gasteiger partial charge in [-0.3, -0.25) is 0 Å². The summed E-state index contributed by atoms with van der Waals surface area (Å²) in [6.07, 6.45) is -2.91. The minimum atomic E-state index is -4.40. The van der Waals surface area contributed by atoms with Crippen LogP contribution in [0.2, 0.25) is 0 Å². The minimum Gasteiger partial charge on any atom is -0.314 e. The largest absolute Gasteiger partial charge is 0.417 e. The van der Waals surface area contributed by atoms with Gasteiger partial charge in [-0.2, -0.15) is 13.2 Å². The van der Waals surface area contributed by atoms with Crippen LogP contribution in [-0.2, 0) is 12.7 Å². The standard InChI is InChI=1S/C11H9BrF3N3/c1-2-18-6-16-17-10(18)7-3-4-9(12)8(5-7)11(13,14)15/h3-6H,2H2,1H3. The van der Waals surface area contributed by atoms with Gasteiger partial charge in [0.05, 0.1) is 5.56 Å². The van der Waals surface area contributed by atoms with Gasteiger partial charge in [0.25, 0.3) is 0 Å². The number of alkyl halides is 3. The van der Waals surface area contributed by atoms with Crippen molar-refractivity contribution in [2.45, 2.75) is 19.6 Å². The summed E-state index contributed by atoms with van der Waals surface area (Å²) in [5, 5.41) is 7.54. The SMILES string of the molecule is CCn1cnnc1-c1ccc(Br)c(C(F)(F)F)c1. The van der Waals surface area contributed by atoms with Gasteiger partial charge in [-0.15, -0.1) is 10.2 Å².